The van der Waals surface area contributed by atoms with Crippen LogP contribution in [0.4, 0.5) is 5.95 Å². The highest BCUT2D eigenvalue weighted by atomic mass is 16.6. The van der Waals surface area contributed by atoms with Crippen LogP contribution in [-0.4, -0.2) is 62.6 Å². The molecule has 1 aromatic rings. The first-order valence-corrected chi connectivity index (χ1v) is 5.30. The minimum Gasteiger partial charge on any atom is -0.394 e. The molecule has 0 spiro atoms. The van der Waals surface area contributed by atoms with Gasteiger partial charge in [-0.2, -0.15) is 4.98 Å². The molecule has 1 aliphatic rings. The Morgan fingerprint density at radius 3 is 2.56 bits per heavy atom. The van der Waals surface area contributed by atoms with Crippen LogP contribution in [-0.2, 0) is 4.74 Å². The molecule has 4 unspecified atom stereocenters. The summed E-state index contributed by atoms with van der Waals surface area (Å²) < 4.78 is 6.20. The highest BCUT2D eigenvalue weighted by Crippen LogP contribution is 2.27. The molecule has 0 radical (unpaired) electrons. The summed E-state index contributed by atoms with van der Waals surface area (Å²) in [5.41, 5.74) is 4.77. The van der Waals surface area contributed by atoms with Gasteiger partial charge in [0.05, 0.1) is 12.3 Å². The van der Waals surface area contributed by atoms with Crippen molar-refractivity contribution < 1.29 is 20.1 Å². The quantitative estimate of drug-likeness (QED) is 0.385. The molecule has 18 heavy (non-hydrogen) atoms. The summed E-state index contributed by atoms with van der Waals surface area (Å²) in [6.07, 6.45) is -4.76. The van der Waals surface area contributed by atoms with E-state index in [9.17, 15) is 15.0 Å². The molecule has 4 atom stereocenters. The number of hydrogen-bond acceptors (Lipinski definition) is 8. The molecule has 9 nitrogen and oxygen atoms in total. The highest BCUT2D eigenvalue weighted by Gasteiger charge is 2.44. The molecular formula is C8H13BN4O5. The van der Waals surface area contributed by atoms with Crippen LogP contribution in [0.25, 0.3) is 0 Å². The Morgan fingerprint density at radius 1 is 1.39 bits per heavy atom. The van der Waals surface area contributed by atoms with Gasteiger partial charge in [-0.15, -0.1) is 0 Å². The first kappa shape index (κ1) is 13.0. The van der Waals surface area contributed by atoms with Gasteiger partial charge in [0.1, 0.15) is 18.3 Å². The number of anilines is 1. The van der Waals surface area contributed by atoms with E-state index in [1.165, 1.54) is 7.85 Å². The zero-order valence-corrected chi connectivity index (χ0v) is 9.59. The van der Waals surface area contributed by atoms with E-state index in [1.807, 2.05) is 0 Å². The topological polar surface area (TPSA) is 144 Å². The van der Waals surface area contributed by atoms with Crippen molar-refractivity contribution in [3.05, 3.63) is 10.5 Å². The summed E-state index contributed by atoms with van der Waals surface area (Å²) in [6.45, 7) is -0.474. The van der Waals surface area contributed by atoms with E-state index in [4.69, 9.17) is 15.6 Å². The molecule has 1 aromatic heterocycles. The summed E-state index contributed by atoms with van der Waals surface area (Å²) in [7, 11) is 1.49. The van der Waals surface area contributed by atoms with Crippen molar-refractivity contribution >= 4 is 19.5 Å². The fourth-order valence-electron chi connectivity index (χ4n) is 1.92. The average molecular weight is 256 g/mol. The van der Waals surface area contributed by atoms with Crippen LogP contribution in [0.1, 0.15) is 6.23 Å². The van der Waals surface area contributed by atoms with Gasteiger partial charge < -0.3 is 25.8 Å². The van der Waals surface area contributed by atoms with Crippen LogP contribution < -0.4 is 17.1 Å². The lowest BCUT2D eigenvalue weighted by molar-refractivity contribution is -0.0537. The van der Waals surface area contributed by atoms with Gasteiger partial charge in [-0.1, -0.05) is 0 Å². The number of rotatable bonds is 2. The van der Waals surface area contributed by atoms with Crippen molar-refractivity contribution in [1.29, 1.82) is 0 Å². The summed E-state index contributed by atoms with van der Waals surface area (Å²) in [5, 5.41) is 28.4. The van der Waals surface area contributed by atoms with E-state index >= 15 is 0 Å². The van der Waals surface area contributed by atoms with Crippen LogP contribution in [0, 0.1) is 0 Å². The van der Waals surface area contributed by atoms with Gasteiger partial charge in [-0.05, 0) is 0 Å². The monoisotopic (exact) mass is 256 g/mol. The number of nitrogen functional groups attached to an aromatic ring is 1. The second-order valence-corrected chi connectivity index (χ2v) is 4.01. The third-order valence-corrected chi connectivity index (χ3v) is 2.81. The maximum absolute atomic E-state index is 11.7. The predicted octanol–water partition coefficient (Wildman–Crippen LogP) is -4.91. The Morgan fingerprint density at radius 2 is 2.06 bits per heavy atom. The van der Waals surface area contributed by atoms with Crippen molar-refractivity contribution in [3.8, 4) is 0 Å². The fourth-order valence-corrected chi connectivity index (χ4v) is 1.92. The highest BCUT2D eigenvalue weighted by molar-refractivity contribution is 6.29. The van der Waals surface area contributed by atoms with Crippen LogP contribution in [0.3, 0.4) is 0 Å². The average Bonchev–Trinajstić information content (AvgIpc) is 2.56. The number of ether oxygens (including phenoxy) is 1. The molecule has 1 aliphatic heterocycles. The lowest BCUT2D eigenvalue weighted by atomic mass is 10.1. The molecule has 2 rings (SSSR count). The standard InChI is InChI=1S/C8H13BN4O5/c9-6-11-7(10)12-8(17)13(6)5-4(16)3(15)2(1-14)18-5/h2-5,14-16H,1,9H2,(H2,10,12,17). The Bertz CT molecular complexity index is 509. The van der Waals surface area contributed by atoms with Gasteiger partial charge in [0.15, 0.2) is 14.1 Å². The molecule has 2 heterocycles. The first-order chi connectivity index (χ1) is 8.45. The normalized spacial score (nSPS) is 31.7. The van der Waals surface area contributed by atoms with Crippen molar-refractivity contribution in [2.75, 3.05) is 12.3 Å². The summed E-state index contributed by atoms with van der Waals surface area (Å²) in [4.78, 5) is 18.9. The zero-order valence-electron chi connectivity index (χ0n) is 9.59. The summed E-state index contributed by atoms with van der Waals surface area (Å²) >= 11 is 0. The Kier molecular flexibility index (Phi) is 3.35. The smallest absolute Gasteiger partial charge is 0.353 e. The van der Waals surface area contributed by atoms with Gasteiger partial charge in [0, 0.05) is 0 Å². The van der Waals surface area contributed by atoms with E-state index in [0.717, 1.165) is 4.57 Å². The minimum atomic E-state index is -1.36. The van der Waals surface area contributed by atoms with E-state index in [-0.39, 0.29) is 11.7 Å². The molecule has 1 fully saturated rings. The van der Waals surface area contributed by atoms with Crippen LogP contribution in [0.5, 0.6) is 0 Å². The van der Waals surface area contributed by atoms with Crippen LogP contribution in [0.2, 0.25) is 0 Å². The number of hydrogen-bond donors (Lipinski definition) is 4. The largest absolute Gasteiger partial charge is 0.394 e. The minimum absolute atomic E-state index is 0.180. The number of nitrogens with two attached hydrogens (primary N) is 1. The van der Waals surface area contributed by atoms with Crippen molar-refractivity contribution in [1.82, 2.24) is 14.5 Å². The van der Waals surface area contributed by atoms with Gasteiger partial charge in [0.25, 0.3) is 0 Å². The summed E-state index contributed by atoms with van der Waals surface area (Å²) in [5.74, 6) is -0.180. The number of nitrogens with zero attached hydrogens (tertiary/aromatic N) is 3. The number of aliphatic hydroxyl groups is 3. The lowest BCUT2D eigenvalue weighted by Gasteiger charge is -2.19. The van der Waals surface area contributed by atoms with E-state index in [0.29, 0.717) is 0 Å². The molecule has 0 aliphatic carbocycles. The number of aromatic nitrogens is 3. The molecule has 0 bridgehead atoms. The van der Waals surface area contributed by atoms with E-state index < -0.39 is 36.8 Å². The SMILES string of the molecule is Bc1nc(N)nc(=O)n1C1OC(CO)C(O)C1O. The molecule has 0 saturated carbocycles. The lowest BCUT2D eigenvalue weighted by Crippen LogP contribution is -2.44. The molecule has 0 aromatic carbocycles. The van der Waals surface area contributed by atoms with Gasteiger partial charge in [-0.25, -0.2) is 9.78 Å². The van der Waals surface area contributed by atoms with E-state index in [2.05, 4.69) is 9.97 Å². The van der Waals surface area contributed by atoms with Crippen molar-refractivity contribution in [2.45, 2.75) is 24.5 Å². The van der Waals surface area contributed by atoms with Crippen LogP contribution >= 0.6 is 0 Å². The number of aliphatic hydroxyl groups excluding tert-OH is 3. The first-order valence-electron chi connectivity index (χ1n) is 5.30. The second-order valence-electron chi connectivity index (χ2n) is 4.01. The molecule has 98 valence electrons. The van der Waals surface area contributed by atoms with Gasteiger partial charge >= 0.3 is 5.69 Å². The second kappa shape index (κ2) is 4.65. The van der Waals surface area contributed by atoms with Gasteiger partial charge in [-0.3, -0.25) is 4.57 Å². The third-order valence-electron chi connectivity index (χ3n) is 2.81. The van der Waals surface area contributed by atoms with Gasteiger partial charge in [0.2, 0.25) is 5.95 Å². The van der Waals surface area contributed by atoms with Crippen LogP contribution in [0.15, 0.2) is 4.79 Å². The van der Waals surface area contributed by atoms with E-state index in [1.54, 1.807) is 0 Å². The molecule has 5 N–H and O–H groups in total. The zero-order chi connectivity index (χ0) is 13.4. The Balaban J connectivity index is 2.42. The molecule has 10 heteroatoms. The molecule has 0 amide bonds. The third kappa shape index (κ3) is 1.99. The fraction of sp³-hybridized carbons (Fsp3) is 0.625. The Hall–Kier alpha value is -1.49. The Labute approximate surface area is 102 Å². The van der Waals surface area contributed by atoms with Crippen molar-refractivity contribution in [3.63, 3.8) is 0 Å². The predicted molar refractivity (Wildman–Crippen MR) is 61.9 cm³/mol. The molecular weight excluding hydrogens is 243 g/mol. The van der Waals surface area contributed by atoms with Crippen molar-refractivity contribution in [2.24, 2.45) is 0 Å². The molecule has 1 saturated heterocycles. The summed E-state index contributed by atoms with van der Waals surface area (Å²) in [6, 6.07) is 0. The maximum atomic E-state index is 11.7. The maximum Gasteiger partial charge on any atom is 0.353 e.